The Labute approximate surface area is 150 Å². The molecule has 0 spiro atoms. The van der Waals surface area contributed by atoms with E-state index < -0.39 is 22.1 Å². The highest BCUT2D eigenvalue weighted by Gasteiger charge is 2.72. The fourth-order valence-electron chi connectivity index (χ4n) is 2.81. The molecule has 3 rings (SSSR count). The van der Waals surface area contributed by atoms with E-state index in [1.807, 2.05) is 0 Å². The standard InChI is InChI=1S/C17H11Cl2F3O3/c18-16(19)9-15(16,14(23)24)11-7-5-10(6-8-11)12-3-1-2-4-13(12)25-17(20,21)22/h1-8H,9H2,(H,23,24). The van der Waals surface area contributed by atoms with Crippen LogP contribution in [-0.2, 0) is 10.2 Å². The van der Waals surface area contributed by atoms with Gasteiger partial charge in [0.15, 0.2) is 0 Å². The number of aliphatic carboxylic acids is 1. The topological polar surface area (TPSA) is 46.5 Å². The number of halogens is 5. The number of rotatable bonds is 4. The van der Waals surface area contributed by atoms with Crippen molar-refractivity contribution >= 4 is 29.2 Å². The molecule has 0 aliphatic heterocycles. The first-order valence-corrected chi connectivity index (χ1v) is 7.89. The Balaban J connectivity index is 1.96. The van der Waals surface area contributed by atoms with E-state index in [1.54, 1.807) is 6.07 Å². The average molecular weight is 391 g/mol. The minimum Gasteiger partial charge on any atom is -0.480 e. The van der Waals surface area contributed by atoms with E-state index >= 15 is 0 Å². The van der Waals surface area contributed by atoms with Gasteiger partial charge in [-0.1, -0.05) is 65.7 Å². The molecule has 1 N–H and O–H groups in total. The molecular formula is C17H11Cl2F3O3. The van der Waals surface area contributed by atoms with Crippen LogP contribution in [0, 0.1) is 0 Å². The summed E-state index contributed by atoms with van der Waals surface area (Å²) in [5, 5.41) is 9.44. The van der Waals surface area contributed by atoms with Crippen molar-refractivity contribution in [3.63, 3.8) is 0 Å². The van der Waals surface area contributed by atoms with Gasteiger partial charge in [0, 0.05) is 12.0 Å². The Bertz CT molecular complexity index is 819. The summed E-state index contributed by atoms with van der Waals surface area (Å²) in [5.74, 6) is -1.49. The number of ether oxygens (including phenoxy) is 1. The van der Waals surface area contributed by atoms with Gasteiger partial charge in [0.05, 0.1) is 0 Å². The highest BCUT2D eigenvalue weighted by atomic mass is 35.5. The molecule has 0 aromatic heterocycles. The van der Waals surface area contributed by atoms with Crippen molar-refractivity contribution < 1.29 is 27.8 Å². The lowest BCUT2D eigenvalue weighted by molar-refractivity contribution is -0.274. The maximum absolute atomic E-state index is 12.5. The maximum Gasteiger partial charge on any atom is 0.573 e. The summed E-state index contributed by atoms with van der Waals surface area (Å²) in [6.07, 6.45) is -4.75. The van der Waals surface area contributed by atoms with Crippen molar-refractivity contribution in [1.29, 1.82) is 0 Å². The van der Waals surface area contributed by atoms with Crippen LogP contribution in [0.5, 0.6) is 5.75 Å². The molecule has 1 atom stereocenters. The van der Waals surface area contributed by atoms with Crippen LogP contribution >= 0.6 is 23.2 Å². The monoisotopic (exact) mass is 390 g/mol. The molecule has 1 unspecified atom stereocenters. The van der Waals surface area contributed by atoms with Crippen molar-refractivity contribution in [2.75, 3.05) is 0 Å². The molecule has 8 heteroatoms. The number of benzene rings is 2. The molecule has 0 amide bonds. The molecule has 1 aliphatic rings. The Kier molecular flexibility index (Phi) is 4.16. The van der Waals surface area contributed by atoms with E-state index in [0.717, 1.165) is 0 Å². The second-order valence-electron chi connectivity index (χ2n) is 5.71. The summed E-state index contributed by atoms with van der Waals surface area (Å²) in [6.45, 7) is 0. The van der Waals surface area contributed by atoms with Gasteiger partial charge in [-0.15, -0.1) is 13.2 Å². The third kappa shape index (κ3) is 3.16. The predicted octanol–water partition coefficient (Wildman–Crippen LogP) is 5.15. The third-order valence-corrected chi connectivity index (χ3v) is 5.07. The fourth-order valence-corrected chi connectivity index (χ4v) is 3.59. The van der Waals surface area contributed by atoms with Crippen LogP contribution in [-0.4, -0.2) is 21.8 Å². The Morgan fingerprint density at radius 2 is 1.64 bits per heavy atom. The molecule has 132 valence electrons. The summed E-state index contributed by atoms with van der Waals surface area (Å²) in [7, 11) is 0. The molecule has 0 bridgehead atoms. The quantitative estimate of drug-likeness (QED) is 0.734. The summed E-state index contributed by atoms with van der Waals surface area (Å²) in [4.78, 5) is 11.6. The van der Waals surface area contributed by atoms with Crippen molar-refractivity contribution in [2.45, 2.75) is 22.5 Å². The van der Waals surface area contributed by atoms with Crippen molar-refractivity contribution in [3.05, 3.63) is 54.1 Å². The van der Waals surface area contributed by atoms with E-state index in [2.05, 4.69) is 4.74 Å². The van der Waals surface area contributed by atoms with Gasteiger partial charge in [-0.05, 0) is 17.2 Å². The zero-order chi connectivity index (χ0) is 18.5. The average Bonchev–Trinajstić information content (AvgIpc) is 3.11. The van der Waals surface area contributed by atoms with Crippen LogP contribution in [0.3, 0.4) is 0 Å². The highest BCUT2D eigenvalue weighted by molar-refractivity contribution is 6.54. The van der Waals surface area contributed by atoms with Crippen LogP contribution < -0.4 is 4.74 Å². The van der Waals surface area contributed by atoms with Gasteiger partial charge in [0.25, 0.3) is 0 Å². The first-order valence-electron chi connectivity index (χ1n) is 7.14. The van der Waals surface area contributed by atoms with Gasteiger partial charge >= 0.3 is 12.3 Å². The zero-order valence-corrected chi connectivity index (χ0v) is 14.0. The van der Waals surface area contributed by atoms with Gasteiger partial charge in [0.1, 0.15) is 15.5 Å². The van der Waals surface area contributed by atoms with Gasteiger partial charge in [0.2, 0.25) is 0 Å². The van der Waals surface area contributed by atoms with E-state index in [1.165, 1.54) is 42.5 Å². The Morgan fingerprint density at radius 3 is 2.12 bits per heavy atom. The van der Waals surface area contributed by atoms with Gasteiger partial charge in [-0.2, -0.15) is 0 Å². The first kappa shape index (κ1) is 17.9. The molecule has 2 aromatic carbocycles. The molecule has 1 fully saturated rings. The third-order valence-electron chi connectivity index (χ3n) is 4.15. The first-order chi connectivity index (χ1) is 11.6. The van der Waals surface area contributed by atoms with Crippen LogP contribution in [0.1, 0.15) is 12.0 Å². The molecule has 25 heavy (non-hydrogen) atoms. The second-order valence-corrected chi connectivity index (χ2v) is 7.20. The largest absolute Gasteiger partial charge is 0.573 e. The lowest BCUT2D eigenvalue weighted by Crippen LogP contribution is -2.26. The minimum absolute atomic E-state index is 0.0611. The number of carboxylic acid groups (broad SMARTS) is 1. The summed E-state index contributed by atoms with van der Waals surface area (Å²) in [5.41, 5.74) is -0.339. The Hall–Kier alpha value is -1.92. The molecule has 3 nitrogen and oxygen atoms in total. The van der Waals surface area contributed by atoms with E-state index in [0.29, 0.717) is 11.1 Å². The Morgan fingerprint density at radius 1 is 1.08 bits per heavy atom. The van der Waals surface area contributed by atoms with Crippen molar-refractivity contribution in [1.82, 2.24) is 0 Å². The van der Waals surface area contributed by atoms with Crippen LogP contribution in [0.2, 0.25) is 0 Å². The van der Waals surface area contributed by atoms with E-state index in [9.17, 15) is 23.1 Å². The number of alkyl halides is 5. The number of hydrogen-bond donors (Lipinski definition) is 1. The van der Waals surface area contributed by atoms with E-state index in [4.69, 9.17) is 23.2 Å². The predicted molar refractivity (Wildman–Crippen MR) is 86.9 cm³/mol. The molecular weight excluding hydrogens is 380 g/mol. The molecule has 0 radical (unpaired) electrons. The number of hydrogen-bond acceptors (Lipinski definition) is 2. The molecule has 1 aliphatic carbocycles. The summed E-state index contributed by atoms with van der Waals surface area (Å²) < 4.78 is 40.2. The highest BCUT2D eigenvalue weighted by Crippen LogP contribution is 2.65. The van der Waals surface area contributed by atoms with Crippen molar-refractivity contribution in [2.24, 2.45) is 0 Å². The van der Waals surface area contributed by atoms with Crippen LogP contribution in [0.15, 0.2) is 48.5 Å². The van der Waals surface area contributed by atoms with Crippen LogP contribution in [0.4, 0.5) is 13.2 Å². The number of para-hydroxylation sites is 1. The van der Waals surface area contributed by atoms with E-state index in [-0.39, 0.29) is 17.7 Å². The lowest BCUT2D eigenvalue weighted by Gasteiger charge is -2.16. The minimum atomic E-state index is -4.81. The molecule has 1 saturated carbocycles. The SMILES string of the molecule is O=C(O)C1(c2ccc(-c3ccccc3OC(F)(F)F)cc2)CC1(Cl)Cl. The molecule has 0 heterocycles. The normalized spacial score (nSPS) is 21.6. The number of carboxylic acids is 1. The fraction of sp³-hybridized carbons (Fsp3) is 0.235. The summed E-state index contributed by atoms with van der Waals surface area (Å²) >= 11 is 12.0. The molecule has 0 saturated heterocycles. The van der Waals surface area contributed by atoms with Crippen molar-refractivity contribution in [3.8, 4) is 16.9 Å². The number of carbonyl (C=O) groups is 1. The maximum atomic E-state index is 12.5. The van der Waals surface area contributed by atoms with Crippen LogP contribution in [0.25, 0.3) is 11.1 Å². The zero-order valence-electron chi connectivity index (χ0n) is 12.5. The summed E-state index contributed by atoms with van der Waals surface area (Å²) in [6, 6.07) is 11.7. The van der Waals surface area contributed by atoms with Gasteiger partial charge in [-0.25, -0.2) is 0 Å². The van der Waals surface area contributed by atoms with Gasteiger partial charge in [-0.3, -0.25) is 4.79 Å². The van der Waals surface area contributed by atoms with Gasteiger partial charge < -0.3 is 9.84 Å². The second kappa shape index (κ2) is 5.81. The molecule has 2 aromatic rings. The smallest absolute Gasteiger partial charge is 0.480 e. The lowest BCUT2D eigenvalue weighted by atomic mass is 9.93.